The smallest absolute Gasteiger partial charge is 0.319 e. The van der Waals surface area contributed by atoms with Crippen molar-refractivity contribution < 1.29 is 9.59 Å². The van der Waals surface area contributed by atoms with E-state index in [-0.39, 0.29) is 11.9 Å². The van der Waals surface area contributed by atoms with Gasteiger partial charge in [0.25, 0.3) is 5.91 Å². The Kier molecular flexibility index (Phi) is 5.91. The first-order valence-electron chi connectivity index (χ1n) is 9.28. The van der Waals surface area contributed by atoms with Crippen molar-refractivity contribution in [2.45, 2.75) is 38.6 Å². The normalized spacial score (nSPS) is 20.8. The Morgan fingerprint density at radius 3 is 2.60 bits per heavy atom. The summed E-state index contributed by atoms with van der Waals surface area (Å²) in [6.45, 7) is 6.10. The van der Waals surface area contributed by atoms with Gasteiger partial charge in [0.05, 0.1) is 0 Å². The summed E-state index contributed by atoms with van der Waals surface area (Å²) < 4.78 is 0. The summed E-state index contributed by atoms with van der Waals surface area (Å²) in [7, 11) is 0. The number of anilines is 1. The van der Waals surface area contributed by atoms with E-state index < -0.39 is 0 Å². The van der Waals surface area contributed by atoms with Crippen molar-refractivity contribution >= 4 is 17.6 Å². The molecule has 2 aliphatic rings. The van der Waals surface area contributed by atoms with Crippen molar-refractivity contribution in [3.63, 3.8) is 0 Å². The van der Waals surface area contributed by atoms with Gasteiger partial charge in [-0.3, -0.25) is 4.79 Å². The van der Waals surface area contributed by atoms with Gasteiger partial charge in [0, 0.05) is 36.9 Å². The fourth-order valence-electron chi connectivity index (χ4n) is 3.20. The van der Waals surface area contributed by atoms with Gasteiger partial charge in [-0.2, -0.15) is 0 Å². The number of carbonyl (C=O) groups excluding carboxylic acids is 2. The first-order chi connectivity index (χ1) is 12.1. The second kappa shape index (κ2) is 8.34. The molecule has 2 fully saturated rings. The third-order valence-corrected chi connectivity index (χ3v) is 4.77. The highest BCUT2D eigenvalue weighted by atomic mass is 16.2. The third kappa shape index (κ3) is 5.74. The van der Waals surface area contributed by atoms with Crippen molar-refractivity contribution in [2.24, 2.45) is 5.92 Å². The van der Waals surface area contributed by atoms with Gasteiger partial charge in [0.15, 0.2) is 0 Å². The third-order valence-electron chi connectivity index (χ3n) is 4.77. The first-order valence-corrected chi connectivity index (χ1v) is 9.28. The van der Waals surface area contributed by atoms with Crippen molar-refractivity contribution in [3.05, 3.63) is 29.8 Å². The molecule has 6 nitrogen and oxygen atoms in total. The minimum absolute atomic E-state index is 0.0703. The highest BCUT2D eigenvalue weighted by molar-refractivity contribution is 5.95. The van der Waals surface area contributed by atoms with Gasteiger partial charge < -0.3 is 20.9 Å². The average molecular weight is 344 g/mol. The minimum atomic E-state index is -0.185. The molecule has 136 valence electrons. The first kappa shape index (κ1) is 17.7. The Hall–Kier alpha value is -2.08. The van der Waals surface area contributed by atoms with E-state index >= 15 is 0 Å². The molecule has 0 spiro atoms. The number of carbonyl (C=O) groups is 2. The average Bonchev–Trinajstić information content (AvgIpc) is 3.39. The zero-order valence-corrected chi connectivity index (χ0v) is 14.9. The van der Waals surface area contributed by atoms with Crippen LogP contribution in [0.2, 0.25) is 0 Å². The number of urea groups is 1. The Bertz CT molecular complexity index is 598. The zero-order valence-electron chi connectivity index (χ0n) is 14.9. The number of hydrogen-bond acceptors (Lipinski definition) is 3. The predicted octanol–water partition coefficient (Wildman–Crippen LogP) is 2.43. The largest absolute Gasteiger partial charge is 0.351 e. The van der Waals surface area contributed by atoms with E-state index in [4.69, 9.17) is 0 Å². The van der Waals surface area contributed by atoms with Gasteiger partial charge in [-0.15, -0.1) is 0 Å². The van der Waals surface area contributed by atoms with Crippen LogP contribution in [0.4, 0.5) is 10.5 Å². The lowest BCUT2D eigenvalue weighted by atomic mass is 10.0. The van der Waals surface area contributed by atoms with Crippen molar-refractivity contribution in [1.29, 1.82) is 0 Å². The summed E-state index contributed by atoms with van der Waals surface area (Å²) in [5, 5.41) is 8.62. The molecule has 3 amide bonds. The van der Waals surface area contributed by atoms with E-state index in [2.05, 4.69) is 27.8 Å². The molecule has 1 aliphatic heterocycles. The Morgan fingerprint density at radius 1 is 1.16 bits per heavy atom. The Morgan fingerprint density at radius 2 is 1.92 bits per heavy atom. The Labute approximate surface area is 149 Å². The van der Waals surface area contributed by atoms with Gasteiger partial charge in [-0.1, -0.05) is 6.92 Å². The molecular formula is C19H28N4O2. The summed E-state index contributed by atoms with van der Waals surface area (Å²) in [5.74, 6) is 0.681. The number of hydrogen-bond donors (Lipinski definition) is 3. The standard InChI is InChI=1S/C19H28N4O2/c1-14-3-2-11-23(13-14)12-10-20-18(24)15-4-6-16(7-5-15)21-19(25)22-17-8-9-17/h4-7,14,17H,2-3,8-13H2,1H3,(H,20,24)(H2,21,22,25)/t14-/m0/s1. The lowest BCUT2D eigenvalue weighted by Crippen LogP contribution is -2.40. The molecule has 1 aliphatic carbocycles. The van der Waals surface area contributed by atoms with E-state index in [0.717, 1.165) is 38.4 Å². The quantitative estimate of drug-likeness (QED) is 0.742. The number of amides is 3. The molecule has 1 atom stereocenters. The van der Waals surface area contributed by atoms with Crippen LogP contribution in [0.5, 0.6) is 0 Å². The van der Waals surface area contributed by atoms with Crippen LogP contribution in [-0.4, -0.2) is 49.1 Å². The van der Waals surface area contributed by atoms with Crippen LogP contribution in [0.1, 0.15) is 43.0 Å². The van der Waals surface area contributed by atoms with E-state index in [0.29, 0.717) is 23.8 Å². The van der Waals surface area contributed by atoms with E-state index in [1.54, 1.807) is 24.3 Å². The van der Waals surface area contributed by atoms with Crippen LogP contribution >= 0.6 is 0 Å². The lowest BCUT2D eigenvalue weighted by molar-refractivity contribution is 0.0944. The van der Waals surface area contributed by atoms with Crippen LogP contribution in [0, 0.1) is 5.92 Å². The molecule has 0 radical (unpaired) electrons. The fourth-order valence-corrected chi connectivity index (χ4v) is 3.20. The highest BCUT2D eigenvalue weighted by Gasteiger charge is 2.23. The summed E-state index contributed by atoms with van der Waals surface area (Å²) in [6.07, 6.45) is 4.67. The van der Waals surface area contributed by atoms with Crippen molar-refractivity contribution in [3.8, 4) is 0 Å². The summed E-state index contributed by atoms with van der Waals surface area (Å²) in [4.78, 5) is 26.3. The second-order valence-corrected chi connectivity index (χ2v) is 7.25. The van der Waals surface area contributed by atoms with Gasteiger partial charge >= 0.3 is 6.03 Å². The molecular weight excluding hydrogens is 316 g/mol. The minimum Gasteiger partial charge on any atom is -0.351 e. The molecule has 0 bridgehead atoms. The number of piperidine rings is 1. The van der Waals surface area contributed by atoms with E-state index in [1.807, 2.05) is 0 Å². The van der Waals surface area contributed by atoms with Crippen LogP contribution in [0.25, 0.3) is 0 Å². The van der Waals surface area contributed by atoms with Gasteiger partial charge in [0.1, 0.15) is 0 Å². The molecule has 1 saturated carbocycles. The van der Waals surface area contributed by atoms with E-state index in [9.17, 15) is 9.59 Å². The number of rotatable bonds is 6. The monoisotopic (exact) mass is 344 g/mol. The van der Waals surface area contributed by atoms with E-state index in [1.165, 1.54) is 12.8 Å². The van der Waals surface area contributed by atoms with Gasteiger partial charge in [0.2, 0.25) is 0 Å². The molecule has 0 aromatic heterocycles. The number of benzene rings is 1. The zero-order chi connectivity index (χ0) is 17.6. The highest BCUT2D eigenvalue weighted by Crippen LogP contribution is 2.19. The second-order valence-electron chi connectivity index (χ2n) is 7.25. The molecule has 1 heterocycles. The summed E-state index contributed by atoms with van der Waals surface area (Å²) in [6, 6.07) is 7.14. The Balaban J connectivity index is 1.40. The maximum absolute atomic E-state index is 12.2. The molecule has 0 unspecified atom stereocenters. The van der Waals surface area contributed by atoms with Gasteiger partial charge in [-0.05, 0) is 62.4 Å². The maximum atomic E-state index is 12.2. The predicted molar refractivity (Wildman–Crippen MR) is 98.8 cm³/mol. The number of nitrogens with one attached hydrogen (secondary N) is 3. The lowest BCUT2D eigenvalue weighted by Gasteiger charge is -2.30. The molecule has 25 heavy (non-hydrogen) atoms. The molecule has 3 N–H and O–H groups in total. The SMILES string of the molecule is C[C@H]1CCCN(CCNC(=O)c2ccc(NC(=O)NC3CC3)cc2)C1. The van der Waals surface area contributed by atoms with Crippen LogP contribution in [-0.2, 0) is 0 Å². The topological polar surface area (TPSA) is 73.5 Å². The van der Waals surface area contributed by atoms with Crippen molar-refractivity contribution in [1.82, 2.24) is 15.5 Å². The van der Waals surface area contributed by atoms with Crippen LogP contribution in [0.15, 0.2) is 24.3 Å². The van der Waals surface area contributed by atoms with Gasteiger partial charge in [-0.25, -0.2) is 4.79 Å². The fraction of sp³-hybridized carbons (Fsp3) is 0.579. The van der Waals surface area contributed by atoms with Crippen LogP contribution in [0.3, 0.4) is 0 Å². The molecule has 6 heteroatoms. The number of nitrogens with zero attached hydrogens (tertiary/aromatic N) is 1. The van der Waals surface area contributed by atoms with Crippen molar-refractivity contribution in [2.75, 3.05) is 31.5 Å². The number of likely N-dealkylation sites (tertiary alicyclic amines) is 1. The summed E-state index contributed by atoms with van der Waals surface area (Å²) >= 11 is 0. The van der Waals surface area contributed by atoms with Crippen LogP contribution < -0.4 is 16.0 Å². The molecule has 1 aromatic rings. The molecule has 1 saturated heterocycles. The summed E-state index contributed by atoms with van der Waals surface area (Å²) in [5.41, 5.74) is 1.30. The molecule has 1 aromatic carbocycles. The molecule has 3 rings (SSSR count). The maximum Gasteiger partial charge on any atom is 0.319 e.